The number of halogens is 2. The number of sulfonamides is 1. The number of nitrogens with zero attached hydrogens (tertiary/aromatic N) is 1. The van der Waals surface area contributed by atoms with Gasteiger partial charge < -0.3 is 4.74 Å². The molecule has 1 saturated heterocycles. The Morgan fingerprint density at radius 2 is 1.53 bits per heavy atom. The first-order valence-electron chi connectivity index (χ1n) is 9.94. The SMILES string of the molecule is Cc1ccc(S(=O)(=O)/N=C2\O[C@H](SCc3ccccc3)[C@@H](c3ccccc3)C2(Cl)Cl)cc1. The van der Waals surface area contributed by atoms with Crippen molar-refractivity contribution < 1.29 is 13.2 Å². The van der Waals surface area contributed by atoms with Gasteiger partial charge in [-0.15, -0.1) is 16.2 Å². The molecule has 0 radical (unpaired) electrons. The van der Waals surface area contributed by atoms with Gasteiger partial charge in [-0.1, -0.05) is 102 Å². The van der Waals surface area contributed by atoms with E-state index in [1.807, 2.05) is 67.6 Å². The summed E-state index contributed by atoms with van der Waals surface area (Å²) < 4.78 is 34.2. The number of benzene rings is 3. The molecular weight excluding hydrogens is 485 g/mol. The fourth-order valence-corrected chi connectivity index (χ4v) is 6.58. The third kappa shape index (κ3) is 4.99. The first kappa shape index (κ1) is 23.2. The molecule has 166 valence electrons. The number of hydrogen-bond acceptors (Lipinski definition) is 4. The molecule has 0 amide bonds. The lowest BCUT2D eigenvalue weighted by atomic mass is 9.97. The fraction of sp³-hybridized carbons (Fsp3) is 0.208. The predicted molar refractivity (Wildman–Crippen MR) is 132 cm³/mol. The van der Waals surface area contributed by atoms with Crippen LogP contribution in [0.5, 0.6) is 0 Å². The van der Waals surface area contributed by atoms with Gasteiger partial charge in [0.25, 0.3) is 10.0 Å². The highest BCUT2D eigenvalue weighted by molar-refractivity contribution is 7.99. The molecule has 1 fully saturated rings. The van der Waals surface area contributed by atoms with Crippen LogP contribution in [0.1, 0.15) is 22.6 Å². The first-order valence-corrected chi connectivity index (χ1v) is 13.2. The molecule has 1 aliphatic heterocycles. The summed E-state index contributed by atoms with van der Waals surface area (Å²) in [6, 6.07) is 25.8. The van der Waals surface area contributed by atoms with E-state index in [4.69, 9.17) is 27.9 Å². The number of alkyl halides is 2. The van der Waals surface area contributed by atoms with E-state index in [-0.39, 0.29) is 10.8 Å². The molecule has 0 spiro atoms. The second-order valence-electron chi connectivity index (χ2n) is 7.48. The molecule has 4 rings (SSSR count). The topological polar surface area (TPSA) is 55.7 Å². The minimum absolute atomic E-state index is 0.0555. The summed E-state index contributed by atoms with van der Waals surface area (Å²) in [7, 11) is -4.04. The zero-order valence-electron chi connectivity index (χ0n) is 17.2. The monoisotopic (exact) mass is 505 g/mol. The normalized spacial score (nSPS) is 21.4. The summed E-state index contributed by atoms with van der Waals surface area (Å²) in [5.74, 6) is -0.0648. The Balaban J connectivity index is 1.69. The lowest BCUT2D eigenvalue weighted by Gasteiger charge is -2.23. The van der Waals surface area contributed by atoms with Gasteiger partial charge in [0.2, 0.25) is 10.2 Å². The van der Waals surface area contributed by atoms with Crippen LogP contribution in [0.4, 0.5) is 0 Å². The highest BCUT2D eigenvalue weighted by atomic mass is 35.5. The Bertz CT molecular complexity index is 1200. The molecule has 3 aromatic carbocycles. The van der Waals surface area contributed by atoms with Crippen molar-refractivity contribution in [3.8, 4) is 0 Å². The average molecular weight is 506 g/mol. The lowest BCUT2D eigenvalue weighted by molar-refractivity contribution is 0.293. The van der Waals surface area contributed by atoms with Crippen LogP contribution in [0.3, 0.4) is 0 Å². The summed E-state index contributed by atoms with van der Waals surface area (Å²) in [5.41, 5.74) is 2.39. The molecule has 0 aliphatic carbocycles. The van der Waals surface area contributed by atoms with Crippen molar-refractivity contribution in [2.75, 3.05) is 0 Å². The van der Waals surface area contributed by atoms with Crippen LogP contribution >= 0.6 is 35.0 Å². The molecule has 0 bridgehead atoms. The Morgan fingerprint density at radius 3 is 2.16 bits per heavy atom. The molecule has 2 atom stereocenters. The van der Waals surface area contributed by atoms with Crippen molar-refractivity contribution in [2.45, 2.75) is 33.3 Å². The number of thioether (sulfide) groups is 1. The standard InChI is InChI=1S/C24H21Cl2NO3S2/c1-17-12-14-20(15-13-17)32(28,29)27-23-24(25,26)21(19-10-6-3-7-11-19)22(30-23)31-16-18-8-4-2-5-9-18/h2-15,21-22H,16H2,1H3/b27-23-/t21-,22-/m1/s1. The number of hydrogen-bond donors (Lipinski definition) is 0. The van der Waals surface area contributed by atoms with Gasteiger partial charge in [-0.2, -0.15) is 8.42 Å². The second kappa shape index (κ2) is 9.48. The van der Waals surface area contributed by atoms with Crippen molar-refractivity contribution in [3.05, 3.63) is 102 Å². The zero-order valence-corrected chi connectivity index (χ0v) is 20.3. The van der Waals surface area contributed by atoms with E-state index < -0.39 is 25.7 Å². The fourth-order valence-electron chi connectivity index (χ4n) is 3.42. The predicted octanol–water partition coefficient (Wildman–Crippen LogP) is 6.33. The van der Waals surface area contributed by atoms with Crippen LogP contribution in [0.15, 0.2) is 94.2 Å². The molecule has 1 heterocycles. The van der Waals surface area contributed by atoms with Gasteiger partial charge in [-0.3, -0.25) is 0 Å². The smallest absolute Gasteiger partial charge is 0.285 e. The maximum atomic E-state index is 12.9. The van der Waals surface area contributed by atoms with Gasteiger partial charge >= 0.3 is 0 Å². The number of ether oxygens (including phenoxy) is 1. The summed E-state index contributed by atoms with van der Waals surface area (Å²) >= 11 is 15.0. The van der Waals surface area contributed by atoms with E-state index in [0.29, 0.717) is 5.75 Å². The number of aryl methyl sites for hydroxylation is 1. The van der Waals surface area contributed by atoms with Crippen molar-refractivity contribution in [1.29, 1.82) is 0 Å². The summed E-state index contributed by atoms with van der Waals surface area (Å²) in [6.07, 6.45) is 0. The van der Waals surface area contributed by atoms with E-state index in [1.165, 1.54) is 23.9 Å². The molecule has 1 aliphatic rings. The minimum Gasteiger partial charge on any atom is -0.463 e. The van der Waals surface area contributed by atoms with E-state index in [9.17, 15) is 8.42 Å². The van der Waals surface area contributed by atoms with Crippen LogP contribution in [0.25, 0.3) is 0 Å². The largest absolute Gasteiger partial charge is 0.463 e. The minimum atomic E-state index is -4.04. The van der Waals surface area contributed by atoms with E-state index in [1.54, 1.807) is 12.1 Å². The van der Waals surface area contributed by atoms with E-state index in [0.717, 1.165) is 16.7 Å². The molecule has 32 heavy (non-hydrogen) atoms. The molecule has 8 heteroatoms. The Hall–Kier alpha value is -1.99. The third-order valence-corrected chi connectivity index (χ3v) is 8.38. The Kier molecular flexibility index (Phi) is 6.86. The van der Waals surface area contributed by atoms with Gasteiger partial charge in [0.05, 0.1) is 10.8 Å². The summed E-state index contributed by atoms with van der Waals surface area (Å²) in [5, 5.41) is 0. The van der Waals surface area contributed by atoms with Crippen LogP contribution in [-0.4, -0.2) is 24.1 Å². The molecule has 4 nitrogen and oxygen atoms in total. The van der Waals surface area contributed by atoms with Crippen molar-refractivity contribution in [2.24, 2.45) is 4.40 Å². The van der Waals surface area contributed by atoms with Crippen LogP contribution in [-0.2, 0) is 20.5 Å². The van der Waals surface area contributed by atoms with Crippen molar-refractivity contribution >= 4 is 50.9 Å². The highest BCUT2D eigenvalue weighted by Gasteiger charge is 2.55. The third-order valence-electron chi connectivity index (χ3n) is 5.11. The molecule has 3 aromatic rings. The zero-order chi connectivity index (χ0) is 22.8. The van der Waals surface area contributed by atoms with Gasteiger partial charge in [-0.05, 0) is 30.2 Å². The molecular formula is C24H21Cl2NO3S2. The van der Waals surface area contributed by atoms with Crippen molar-refractivity contribution in [3.63, 3.8) is 0 Å². The number of rotatable bonds is 6. The first-order chi connectivity index (χ1) is 15.3. The average Bonchev–Trinajstić information content (AvgIpc) is 3.02. The highest BCUT2D eigenvalue weighted by Crippen LogP contribution is 2.52. The second-order valence-corrected chi connectivity index (χ2v) is 11.6. The van der Waals surface area contributed by atoms with E-state index in [2.05, 4.69) is 4.40 Å². The molecule has 0 N–H and O–H groups in total. The lowest BCUT2D eigenvalue weighted by Crippen LogP contribution is -2.28. The summed E-state index contributed by atoms with van der Waals surface area (Å²) in [6.45, 7) is 1.88. The quantitative estimate of drug-likeness (QED) is 0.367. The summed E-state index contributed by atoms with van der Waals surface area (Å²) in [4.78, 5) is 0.0555. The van der Waals surface area contributed by atoms with Gasteiger partial charge in [0.15, 0.2) is 5.44 Å². The van der Waals surface area contributed by atoms with Gasteiger partial charge in [0.1, 0.15) is 0 Å². The van der Waals surface area contributed by atoms with Gasteiger partial charge in [-0.25, -0.2) is 0 Å². The van der Waals surface area contributed by atoms with Crippen molar-refractivity contribution in [1.82, 2.24) is 0 Å². The van der Waals surface area contributed by atoms with Crippen LogP contribution < -0.4 is 0 Å². The molecule has 0 unspecified atom stereocenters. The Labute approximate surface area is 202 Å². The maximum absolute atomic E-state index is 12.9. The van der Waals surface area contributed by atoms with Gasteiger partial charge in [0, 0.05) is 5.75 Å². The maximum Gasteiger partial charge on any atom is 0.285 e. The Morgan fingerprint density at radius 1 is 0.938 bits per heavy atom. The van der Waals surface area contributed by atoms with Crippen LogP contribution in [0.2, 0.25) is 0 Å². The molecule has 0 saturated carbocycles. The van der Waals surface area contributed by atoms with Crippen LogP contribution in [0, 0.1) is 6.92 Å². The van der Waals surface area contributed by atoms with E-state index >= 15 is 0 Å². The molecule has 0 aromatic heterocycles.